The number of allylic oxidation sites excluding steroid dienone is 14. The van der Waals surface area contributed by atoms with Gasteiger partial charge in [0.05, 0.1) is 23.0 Å². The highest BCUT2D eigenvalue weighted by Crippen LogP contribution is 2.77. The van der Waals surface area contributed by atoms with Crippen LogP contribution in [0.15, 0.2) is 97.6 Å². The van der Waals surface area contributed by atoms with E-state index >= 15 is 0 Å². The maximum atomic E-state index is 13.3. The number of hydrogen-bond donors (Lipinski definition) is 2. The third kappa shape index (κ3) is 8.00. The van der Waals surface area contributed by atoms with Crippen LogP contribution in [0.3, 0.4) is 0 Å². The van der Waals surface area contributed by atoms with Crippen LogP contribution in [0.25, 0.3) is 0 Å². The maximum Gasteiger partial charge on any atom is 0.412 e. The van der Waals surface area contributed by atoms with Gasteiger partial charge in [-0.15, -0.1) is 0 Å². The van der Waals surface area contributed by atoms with Gasteiger partial charge in [0, 0.05) is 35.1 Å². The Kier molecular flexibility index (Phi) is 13.7. The highest BCUT2D eigenvalue weighted by Gasteiger charge is 2.69. The van der Waals surface area contributed by atoms with Crippen molar-refractivity contribution in [3.05, 3.63) is 92.6 Å². The van der Waals surface area contributed by atoms with E-state index in [2.05, 4.69) is 116 Å². The molecule has 0 aromatic carbocycles. The number of aliphatic hydroxyl groups excluding tert-OH is 1. The summed E-state index contributed by atoms with van der Waals surface area (Å²) in [6, 6.07) is 5.35. The van der Waals surface area contributed by atoms with E-state index in [0.717, 1.165) is 105 Å². The fourth-order valence-electron chi connectivity index (χ4n) is 17.6. The van der Waals surface area contributed by atoms with Gasteiger partial charge in [0.15, 0.2) is 11.5 Å². The molecule has 12 atom stereocenters. The number of ketones is 2. The number of isocyanates is 1. The molecule has 0 heterocycles. The number of nitrogens with zero attached hydrogens (tertiary/aromatic N) is 3. The van der Waals surface area contributed by atoms with E-state index in [-0.39, 0.29) is 71.8 Å². The number of nitriles is 2. The Labute approximate surface area is 442 Å². The molecule has 10 rings (SSSR count). The first-order valence-electron chi connectivity index (χ1n) is 27.9. The predicted molar refractivity (Wildman–Crippen MR) is 289 cm³/mol. The summed E-state index contributed by atoms with van der Waals surface area (Å²) in [6.07, 6.45) is 28.2. The van der Waals surface area contributed by atoms with E-state index in [4.69, 9.17) is 9.53 Å². The Morgan fingerprint density at radius 3 is 1.49 bits per heavy atom. The van der Waals surface area contributed by atoms with E-state index in [1.54, 1.807) is 19.1 Å². The van der Waals surface area contributed by atoms with Crippen molar-refractivity contribution in [1.82, 2.24) is 5.32 Å². The number of fused-ring (bicyclic) bond motifs is 14. The number of aliphatic hydroxyl groups is 1. The zero-order valence-electron chi connectivity index (χ0n) is 47.3. The van der Waals surface area contributed by atoms with Crippen molar-refractivity contribution in [1.29, 1.82) is 10.5 Å². The third-order valence-electron chi connectivity index (χ3n) is 23.0. The lowest BCUT2D eigenvalue weighted by molar-refractivity contribution is -0.155. The molecule has 0 bridgehead atoms. The van der Waals surface area contributed by atoms with Crippen LogP contribution in [0, 0.1) is 88.6 Å². The van der Waals surface area contributed by atoms with E-state index < -0.39 is 6.09 Å². The molecule has 0 aliphatic heterocycles. The first kappa shape index (κ1) is 54.9. The molecular weight excluding hydrogens is 921 g/mol. The van der Waals surface area contributed by atoms with E-state index in [1.807, 2.05) is 20.8 Å². The van der Waals surface area contributed by atoms with Gasteiger partial charge in [-0.05, 0) is 210 Å². The molecule has 396 valence electrons. The van der Waals surface area contributed by atoms with Gasteiger partial charge in [-0.25, -0.2) is 14.6 Å². The summed E-state index contributed by atoms with van der Waals surface area (Å²) in [5.74, 6) is 0.539. The standard InChI is InChI=1S/C32H42N2O3.C29H37NO2.C3H5NO/c1-8-34-27(36)37-26-20(2)21-9-10-24-30(5,22(21)17-23(26)35)14-16-32(7)25-18-28(3,19-33)11-12-29(25,4)13-15-31(24,32)6;1-18-19-7-8-22-27(4,20(19)15-21(31)24(18)32)12-14-29(6)23-16-25(2,17-30)9-10-26(23,3)11-13-28(22,29)5;1-2-4-3-5/h9-10,17,25H,8,11-16,18H2,1-7H3,(H,34,36);7-8,15,23,32H,9-14,16H2,1-6H3;2H2,1H3/t25-,28-,29-,30+,31-,32+;23-,25-,26-,27+,28-,29+;/m11./s1. The summed E-state index contributed by atoms with van der Waals surface area (Å²) >= 11 is 0. The largest absolute Gasteiger partial charge is 0.504 e. The molecule has 6 saturated carbocycles. The number of hydrogen-bond acceptors (Lipinski definition) is 9. The van der Waals surface area contributed by atoms with Gasteiger partial charge in [0.25, 0.3) is 0 Å². The number of nitrogens with one attached hydrogen (secondary N) is 1. The number of aliphatic imine (C=N–C) groups is 1. The number of alkyl carbamates (subject to hydrolysis) is 1. The fraction of sp³-hybridized carbons (Fsp3) is 0.656. The summed E-state index contributed by atoms with van der Waals surface area (Å²) in [5, 5.41) is 32.9. The Morgan fingerprint density at radius 2 is 1.08 bits per heavy atom. The van der Waals surface area contributed by atoms with Crippen molar-refractivity contribution in [3.8, 4) is 12.1 Å². The SMILES string of the molecule is CC1=C(O)C(=O)C=C2C1=CC=C1[C@@]2(C)CC[C@@]2(C)[C@@H]3C[C@](C)(C#N)CC[C@]3(C)CC[C@]12C.CCN=C=O.CCNC(=O)OC1=C(C)C2=CC=C3[C@@](C)(CC[C@@]4(C)[C@@H]5C[C@](C)(C#N)CC[C@]5(C)CC[C@]34C)C2=CC1=O. The molecule has 0 radical (unpaired) electrons. The zero-order chi connectivity index (χ0) is 54.5. The minimum atomic E-state index is -0.594. The van der Waals surface area contributed by atoms with Crippen molar-refractivity contribution < 1.29 is 29.0 Å². The summed E-state index contributed by atoms with van der Waals surface area (Å²) in [6.45, 7) is 32.2. The smallest absolute Gasteiger partial charge is 0.412 e. The lowest BCUT2D eigenvalue weighted by Gasteiger charge is -2.69. The van der Waals surface area contributed by atoms with E-state index in [0.29, 0.717) is 35.9 Å². The molecule has 6 fully saturated rings. The van der Waals surface area contributed by atoms with E-state index in [1.165, 1.54) is 30.1 Å². The quantitative estimate of drug-likeness (QED) is 0.208. The van der Waals surface area contributed by atoms with Crippen molar-refractivity contribution in [2.75, 3.05) is 13.1 Å². The highest BCUT2D eigenvalue weighted by atomic mass is 16.6. The van der Waals surface area contributed by atoms with Crippen LogP contribution in [0.2, 0.25) is 0 Å². The Balaban J connectivity index is 0.000000182. The molecule has 74 heavy (non-hydrogen) atoms. The van der Waals surface area contributed by atoms with Crippen LogP contribution >= 0.6 is 0 Å². The molecule has 2 N–H and O–H groups in total. The number of rotatable bonds is 3. The average molecular weight is 1010 g/mol. The molecule has 0 spiro atoms. The topological polar surface area (TPSA) is 170 Å². The van der Waals surface area contributed by atoms with Crippen molar-refractivity contribution in [2.24, 2.45) is 71.0 Å². The summed E-state index contributed by atoms with van der Waals surface area (Å²) in [7, 11) is 0. The maximum absolute atomic E-state index is 13.3. The molecule has 1 amide bonds. The second kappa shape index (κ2) is 18.5. The third-order valence-corrected chi connectivity index (χ3v) is 23.0. The normalized spacial score (nSPS) is 42.3. The highest BCUT2D eigenvalue weighted by molar-refractivity contribution is 6.08. The van der Waals surface area contributed by atoms with Crippen LogP contribution in [0.4, 0.5) is 4.79 Å². The number of carbonyl (C=O) groups excluding carboxylic acids is 4. The van der Waals surface area contributed by atoms with Crippen LogP contribution < -0.4 is 5.32 Å². The molecular formula is C64H84N4O6. The molecule has 0 unspecified atom stereocenters. The lowest BCUT2D eigenvalue weighted by atomic mass is 9.34. The molecule has 10 heteroatoms. The van der Waals surface area contributed by atoms with Crippen LogP contribution in [-0.2, 0) is 19.1 Å². The van der Waals surface area contributed by atoms with Gasteiger partial charge < -0.3 is 15.2 Å². The van der Waals surface area contributed by atoms with Gasteiger partial charge in [-0.3, -0.25) is 9.59 Å². The zero-order valence-corrected chi connectivity index (χ0v) is 47.3. The lowest BCUT2D eigenvalue weighted by Crippen LogP contribution is -2.61. The van der Waals surface area contributed by atoms with Gasteiger partial charge in [0.2, 0.25) is 17.6 Å². The van der Waals surface area contributed by atoms with E-state index in [9.17, 15) is 30.0 Å². The number of ether oxygens (including phenoxy) is 1. The average Bonchev–Trinajstić information content (AvgIpc) is 3.36. The molecule has 10 aliphatic rings. The van der Waals surface area contributed by atoms with Crippen molar-refractivity contribution in [2.45, 2.75) is 187 Å². The van der Waals surface area contributed by atoms with Crippen LogP contribution in [-0.4, -0.2) is 41.9 Å². The van der Waals surface area contributed by atoms with Crippen molar-refractivity contribution in [3.63, 3.8) is 0 Å². The number of carbonyl (C=O) groups is 3. The first-order chi connectivity index (χ1) is 34.5. The van der Waals surface area contributed by atoms with Crippen LogP contribution in [0.1, 0.15) is 187 Å². The summed E-state index contributed by atoms with van der Waals surface area (Å²) in [5.41, 5.74) is 8.44. The Hall–Kier alpha value is -5.31. The summed E-state index contributed by atoms with van der Waals surface area (Å²) < 4.78 is 5.44. The number of amides is 1. The molecule has 0 aromatic heterocycles. The minimum Gasteiger partial charge on any atom is -0.504 e. The fourth-order valence-corrected chi connectivity index (χ4v) is 17.6. The van der Waals surface area contributed by atoms with Gasteiger partial charge in [-0.1, -0.05) is 90.8 Å². The Morgan fingerprint density at radius 1 is 0.649 bits per heavy atom. The molecule has 0 saturated heterocycles. The van der Waals surface area contributed by atoms with Crippen molar-refractivity contribution >= 4 is 23.7 Å². The minimum absolute atomic E-state index is 0.0147. The first-order valence-corrected chi connectivity index (χ1v) is 27.9. The molecule has 10 aliphatic carbocycles. The van der Waals surface area contributed by atoms with Gasteiger partial charge in [-0.2, -0.15) is 10.5 Å². The Bertz CT molecular complexity index is 2870. The monoisotopic (exact) mass is 1000 g/mol. The second-order valence-corrected chi connectivity index (χ2v) is 26.9. The van der Waals surface area contributed by atoms with Gasteiger partial charge >= 0.3 is 6.09 Å². The van der Waals surface area contributed by atoms with Crippen LogP contribution in [0.5, 0.6) is 0 Å². The molecule has 10 nitrogen and oxygen atoms in total. The summed E-state index contributed by atoms with van der Waals surface area (Å²) in [4.78, 5) is 50.2. The molecule has 0 aromatic rings. The second-order valence-electron chi connectivity index (χ2n) is 26.9. The van der Waals surface area contributed by atoms with Gasteiger partial charge in [0.1, 0.15) is 0 Å². The predicted octanol–water partition coefficient (Wildman–Crippen LogP) is 14.8.